The monoisotopic (exact) mass is 340 g/mol. The fourth-order valence-corrected chi connectivity index (χ4v) is 1.94. The molecule has 0 fully saturated rings. The molecule has 0 atom stereocenters. The summed E-state index contributed by atoms with van der Waals surface area (Å²) in [5, 5.41) is 20.6. The topological polar surface area (TPSA) is 120 Å². The summed E-state index contributed by atoms with van der Waals surface area (Å²) in [6.07, 6.45) is 0. The van der Waals surface area contributed by atoms with Crippen LogP contribution in [0, 0.1) is 10.1 Å². The molecule has 0 saturated heterocycles. The number of nitro benzene ring substituents is 1. The van der Waals surface area contributed by atoms with E-state index in [9.17, 15) is 14.9 Å². The molecule has 1 heterocycles. The number of hydrogen-bond acceptors (Lipinski definition) is 7. The molecule has 3 aromatic rings. The van der Waals surface area contributed by atoms with Crippen LogP contribution in [0.15, 0.2) is 59.0 Å². The number of carbonyl (C=O) groups is 1. The smallest absolute Gasteiger partial charge is 0.322 e. The Bertz CT molecular complexity index is 877. The Morgan fingerprint density at radius 1 is 1.12 bits per heavy atom. The van der Waals surface area contributed by atoms with Gasteiger partial charge in [-0.2, -0.15) is 0 Å². The Balaban J connectivity index is 1.54. The number of rotatable bonds is 6. The molecule has 1 aromatic heterocycles. The molecule has 9 nitrogen and oxygen atoms in total. The van der Waals surface area contributed by atoms with Crippen molar-refractivity contribution in [1.82, 2.24) is 10.2 Å². The first-order chi connectivity index (χ1) is 12.1. The Morgan fingerprint density at radius 2 is 1.84 bits per heavy atom. The summed E-state index contributed by atoms with van der Waals surface area (Å²) < 4.78 is 10.6. The van der Waals surface area contributed by atoms with E-state index < -0.39 is 10.8 Å². The lowest BCUT2D eigenvalue weighted by molar-refractivity contribution is -0.384. The van der Waals surface area contributed by atoms with E-state index >= 15 is 0 Å². The summed E-state index contributed by atoms with van der Waals surface area (Å²) in [7, 11) is 0. The molecule has 0 aliphatic heterocycles. The van der Waals surface area contributed by atoms with Crippen molar-refractivity contribution < 1.29 is 18.9 Å². The second-order valence-corrected chi connectivity index (χ2v) is 4.87. The molecule has 2 aromatic carbocycles. The molecule has 0 spiro atoms. The number of carbonyl (C=O) groups excluding carboxylic acids is 1. The number of ether oxygens (including phenoxy) is 1. The number of nitrogens with zero attached hydrogens (tertiary/aromatic N) is 3. The van der Waals surface area contributed by atoms with Crippen LogP contribution in [-0.2, 0) is 4.79 Å². The van der Waals surface area contributed by atoms with E-state index in [1.165, 1.54) is 24.3 Å². The summed E-state index contributed by atoms with van der Waals surface area (Å²) in [6.45, 7) is -0.305. The maximum atomic E-state index is 11.8. The van der Waals surface area contributed by atoms with Gasteiger partial charge in [0, 0.05) is 17.7 Å². The number of anilines is 1. The molecular weight excluding hydrogens is 328 g/mol. The molecule has 0 aliphatic rings. The number of benzene rings is 2. The lowest BCUT2D eigenvalue weighted by Gasteiger charge is -2.04. The minimum atomic E-state index is -0.517. The molecule has 1 N–H and O–H groups in total. The first-order valence-corrected chi connectivity index (χ1v) is 7.18. The van der Waals surface area contributed by atoms with Crippen LogP contribution < -0.4 is 10.1 Å². The van der Waals surface area contributed by atoms with Crippen molar-refractivity contribution >= 4 is 17.6 Å². The average molecular weight is 340 g/mol. The van der Waals surface area contributed by atoms with E-state index in [4.69, 9.17) is 9.15 Å². The number of amides is 1. The molecule has 0 saturated carbocycles. The van der Waals surface area contributed by atoms with Gasteiger partial charge in [-0.05, 0) is 24.3 Å². The summed E-state index contributed by atoms with van der Waals surface area (Å²) >= 11 is 0. The zero-order valence-electron chi connectivity index (χ0n) is 12.8. The minimum Gasteiger partial charge on any atom is -0.484 e. The van der Waals surface area contributed by atoms with Crippen LogP contribution in [0.25, 0.3) is 11.5 Å². The number of hydrogen-bond donors (Lipinski definition) is 1. The van der Waals surface area contributed by atoms with Gasteiger partial charge in [0.15, 0.2) is 6.61 Å². The fraction of sp³-hybridized carbons (Fsp3) is 0.0625. The first kappa shape index (κ1) is 16.1. The van der Waals surface area contributed by atoms with E-state index in [1.54, 1.807) is 12.1 Å². The van der Waals surface area contributed by atoms with Crippen LogP contribution in [0.1, 0.15) is 0 Å². The standard InChI is InChI=1S/C16H12N4O5/c21-14(10-24-13-8-6-12(7-9-13)20(22)23)17-16-19-18-15(25-16)11-4-2-1-3-5-11/h1-9H,10H2,(H,17,19,21). The highest BCUT2D eigenvalue weighted by molar-refractivity contribution is 5.89. The normalized spacial score (nSPS) is 10.2. The minimum absolute atomic E-state index is 0.0452. The predicted octanol–water partition coefficient (Wildman–Crippen LogP) is 2.66. The highest BCUT2D eigenvalue weighted by atomic mass is 16.6. The summed E-state index contributed by atoms with van der Waals surface area (Å²) in [6, 6.07) is 14.5. The van der Waals surface area contributed by atoms with Crippen LogP contribution in [-0.4, -0.2) is 27.6 Å². The second kappa shape index (κ2) is 7.21. The molecule has 126 valence electrons. The van der Waals surface area contributed by atoms with Gasteiger partial charge in [-0.1, -0.05) is 23.3 Å². The SMILES string of the molecule is O=C(COc1ccc([N+](=O)[O-])cc1)Nc1nnc(-c2ccccc2)o1. The van der Waals surface area contributed by atoms with E-state index in [1.807, 2.05) is 18.2 Å². The number of aromatic nitrogens is 2. The zero-order chi connectivity index (χ0) is 17.6. The largest absolute Gasteiger partial charge is 0.484 e. The molecule has 9 heteroatoms. The highest BCUT2D eigenvalue weighted by Crippen LogP contribution is 2.19. The van der Waals surface area contributed by atoms with Gasteiger partial charge in [-0.25, -0.2) is 0 Å². The molecular formula is C16H12N4O5. The lowest BCUT2D eigenvalue weighted by atomic mass is 10.2. The van der Waals surface area contributed by atoms with Crippen LogP contribution in [0.4, 0.5) is 11.7 Å². The molecule has 25 heavy (non-hydrogen) atoms. The number of nitrogens with one attached hydrogen (secondary N) is 1. The van der Waals surface area contributed by atoms with Crippen LogP contribution in [0.2, 0.25) is 0 Å². The third kappa shape index (κ3) is 4.16. The van der Waals surface area contributed by atoms with E-state index in [-0.39, 0.29) is 24.2 Å². The lowest BCUT2D eigenvalue weighted by Crippen LogP contribution is -2.20. The molecule has 0 bridgehead atoms. The maximum Gasteiger partial charge on any atom is 0.322 e. The molecule has 0 radical (unpaired) electrons. The Labute approximate surface area is 141 Å². The van der Waals surface area contributed by atoms with Gasteiger partial charge in [-0.15, -0.1) is 5.10 Å². The zero-order valence-corrected chi connectivity index (χ0v) is 12.8. The van der Waals surface area contributed by atoms with Gasteiger partial charge in [0.1, 0.15) is 5.75 Å². The third-order valence-electron chi connectivity index (χ3n) is 3.11. The summed E-state index contributed by atoms with van der Waals surface area (Å²) in [5.74, 6) is 0.116. The highest BCUT2D eigenvalue weighted by Gasteiger charge is 2.12. The summed E-state index contributed by atoms with van der Waals surface area (Å²) in [5.41, 5.74) is 0.675. The van der Waals surface area contributed by atoms with Gasteiger partial charge in [0.2, 0.25) is 5.89 Å². The van der Waals surface area contributed by atoms with E-state index in [0.717, 1.165) is 5.56 Å². The number of non-ortho nitro benzene ring substituents is 1. The fourth-order valence-electron chi connectivity index (χ4n) is 1.94. The predicted molar refractivity (Wildman–Crippen MR) is 87.0 cm³/mol. The number of nitro groups is 1. The maximum absolute atomic E-state index is 11.8. The van der Waals surface area contributed by atoms with E-state index in [2.05, 4.69) is 15.5 Å². The van der Waals surface area contributed by atoms with Gasteiger partial charge in [0.05, 0.1) is 4.92 Å². The summed E-state index contributed by atoms with van der Waals surface area (Å²) in [4.78, 5) is 21.9. The van der Waals surface area contributed by atoms with Crippen molar-refractivity contribution in [2.75, 3.05) is 11.9 Å². The molecule has 3 rings (SSSR count). The third-order valence-corrected chi connectivity index (χ3v) is 3.11. The van der Waals surface area contributed by atoms with Gasteiger partial charge in [-0.3, -0.25) is 20.2 Å². The first-order valence-electron chi connectivity index (χ1n) is 7.18. The Hall–Kier alpha value is -3.75. The van der Waals surface area contributed by atoms with Crippen molar-refractivity contribution in [1.29, 1.82) is 0 Å². The van der Waals surface area contributed by atoms with Gasteiger partial charge in [0.25, 0.3) is 11.6 Å². The quantitative estimate of drug-likeness (QED) is 0.541. The van der Waals surface area contributed by atoms with Crippen LogP contribution in [0.5, 0.6) is 5.75 Å². The van der Waals surface area contributed by atoms with Crippen molar-refractivity contribution in [3.05, 3.63) is 64.7 Å². The Kier molecular flexibility index (Phi) is 4.65. The molecule has 1 amide bonds. The van der Waals surface area contributed by atoms with Crippen molar-refractivity contribution in [2.24, 2.45) is 0 Å². The Morgan fingerprint density at radius 3 is 2.52 bits per heavy atom. The van der Waals surface area contributed by atoms with Gasteiger partial charge < -0.3 is 9.15 Å². The van der Waals surface area contributed by atoms with Crippen LogP contribution >= 0.6 is 0 Å². The van der Waals surface area contributed by atoms with Crippen molar-refractivity contribution in [2.45, 2.75) is 0 Å². The molecule has 0 aliphatic carbocycles. The van der Waals surface area contributed by atoms with Crippen molar-refractivity contribution in [3.8, 4) is 17.2 Å². The van der Waals surface area contributed by atoms with E-state index in [0.29, 0.717) is 5.75 Å². The van der Waals surface area contributed by atoms with Crippen molar-refractivity contribution in [3.63, 3.8) is 0 Å². The molecule has 0 unspecified atom stereocenters. The second-order valence-electron chi connectivity index (χ2n) is 4.87. The average Bonchev–Trinajstić information content (AvgIpc) is 3.09. The van der Waals surface area contributed by atoms with Gasteiger partial charge >= 0.3 is 6.01 Å². The van der Waals surface area contributed by atoms with Crippen LogP contribution in [0.3, 0.4) is 0 Å².